The number of nitrogens with zero attached hydrogens (tertiary/aromatic N) is 2. The van der Waals surface area contributed by atoms with Crippen LogP contribution >= 0.6 is 0 Å². The van der Waals surface area contributed by atoms with E-state index in [0.29, 0.717) is 24.9 Å². The van der Waals surface area contributed by atoms with Crippen molar-refractivity contribution in [1.82, 2.24) is 14.3 Å². The van der Waals surface area contributed by atoms with Crippen LogP contribution in [0.5, 0.6) is 0 Å². The van der Waals surface area contributed by atoms with Gasteiger partial charge >= 0.3 is 6.09 Å². The molecule has 0 aliphatic rings. The van der Waals surface area contributed by atoms with Gasteiger partial charge in [0.15, 0.2) is 0 Å². The standard InChI is InChI=1S/C35H37N3O4S/c1-3-5-22-42-35(39)37-43(40,41)33-21-18-26(11-4-2)23-30(33)29-19-16-28(17-20-29)25-38-32-15-10-9-14-31(32)36-34(38)24-27-12-7-6-8-13-27/h6-10,12-21,23H,3-5,11,22,24-25H2,1-2H3,(H,37,39). The van der Waals surface area contributed by atoms with Crippen molar-refractivity contribution in [2.75, 3.05) is 6.61 Å². The smallest absolute Gasteiger partial charge is 0.421 e. The summed E-state index contributed by atoms with van der Waals surface area (Å²) in [4.78, 5) is 17.2. The van der Waals surface area contributed by atoms with Gasteiger partial charge in [0, 0.05) is 18.5 Å². The number of benzene rings is 4. The number of sulfonamides is 1. The molecule has 0 spiro atoms. The van der Waals surface area contributed by atoms with Gasteiger partial charge in [-0.1, -0.05) is 99.5 Å². The first-order valence-electron chi connectivity index (χ1n) is 14.8. The Bertz CT molecular complexity index is 1800. The molecule has 0 aliphatic carbocycles. The van der Waals surface area contributed by atoms with Crippen LogP contribution in [0.1, 0.15) is 55.6 Å². The molecule has 0 radical (unpaired) electrons. The highest BCUT2D eigenvalue weighted by atomic mass is 32.2. The predicted octanol–water partition coefficient (Wildman–Crippen LogP) is 7.51. The molecule has 1 amide bonds. The van der Waals surface area contributed by atoms with Crippen molar-refractivity contribution < 1.29 is 17.9 Å². The molecule has 222 valence electrons. The highest BCUT2D eigenvalue weighted by Crippen LogP contribution is 2.30. The Morgan fingerprint density at radius 3 is 2.30 bits per heavy atom. The summed E-state index contributed by atoms with van der Waals surface area (Å²) in [5, 5.41) is 0. The van der Waals surface area contributed by atoms with Crippen LogP contribution in [0.4, 0.5) is 4.79 Å². The molecule has 0 bridgehead atoms. The van der Waals surface area contributed by atoms with Crippen molar-refractivity contribution in [3.05, 3.63) is 120 Å². The molecule has 4 aromatic carbocycles. The van der Waals surface area contributed by atoms with E-state index in [2.05, 4.69) is 34.4 Å². The number of amides is 1. The number of carbonyl (C=O) groups is 1. The van der Waals surface area contributed by atoms with E-state index in [0.717, 1.165) is 52.8 Å². The van der Waals surface area contributed by atoms with E-state index in [9.17, 15) is 13.2 Å². The Morgan fingerprint density at radius 1 is 0.837 bits per heavy atom. The first kappa shape index (κ1) is 30.0. The highest BCUT2D eigenvalue weighted by molar-refractivity contribution is 7.90. The number of aryl methyl sites for hydroxylation is 1. The van der Waals surface area contributed by atoms with Crippen LogP contribution < -0.4 is 4.72 Å². The maximum absolute atomic E-state index is 13.3. The second-order valence-corrected chi connectivity index (χ2v) is 12.3. The van der Waals surface area contributed by atoms with E-state index in [1.807, 2.05) is 73.7 Å². The summed E-state index contributed by atoms with van der Waals surface area (Å²) in [5.41, 5.74) is 6.60. The van der Waals surface area contributed by atoms with E-state index in [4.69, 9.17) is 9.72 Å². The number of aromatic nitrogens is 2. The summed E-state index contributed by atoms with van der Waals surface area (Å²) >= 11 is 0. The van der Waals surface area contributed by atoms with Gasteiger partial charge in [-0.25, -0.2) is 22.9 Å². The number of unbranched alkanes of at least 4 members (excludes halogenated alkanes) is 1. The van der Waals surface area contributed by atoms with Crippen LogP contribution in [0.2, 0.25) is 0 Å². The van der Waals surface area contributed by atoms with Crippen LogP contribution in [0.15, 0.2) is 102 Å². The number of carbonyl (C=O) groups excluding carboxylic acids is 1. The molecular weight excluding hydrogens is 558 g/mol. The van der Waals surface area contributed by atoms with Crippen LogP contribution in [-0.4, -0.2) is 30.7 Å². The average molecular weight is 596 g/mol. The Balaban J connectivity index is 1.45. The highest BCUT2D eigenvalue weighted by Gasteiger charge is 2.23. The number of hydrogen-bond donors (Lipinski definition) is 1. The molecule has 0 fully saturated rings. The third kappa shape index (κ3) is 7.32. The summed E-state index contributed by atoms with van der Waals surface area (Å²) in [5.74, 6) is 0.981. The minimum absolute atomic E-state index is 0.0401. The van der Waals surface area contributed by atoms with Crippen LogP contribution in [0.25, 0.3) is 22.2 Å². The number of rotatable bonds is 12. The molecule has 43 heavy (non-hydrogen) atoms. The summed E-state index contributed by atoms with van der Waals surface area (Å²) in [7, 11) is -4.15. The molecule has 5 aromatic rings. The Labute approximate surface area is 253 Å². The van der Waals surface area contributed by atoms with Gasteiger partial charge in [0.2, 0.25) is 0 Å². The van der Waals surface area contributed by atoms with Crippen molar-refractivity contribution in [1.29, 1.82) is 0 Å². The minimum Gasteiger partial charge on any atom is -0.449 e. The van der Waals surface area contributed by atoms with Crippen LogP contribution in [-0.2, 0) is 34.1 Å². The molecule has 0 saturated carbocycles. The molecule has 1 aromatic heterocycles. The Morgan fingerprint density at radius 2 is 1.56 bits per heavy atom. The molecule has 0 unspecified atom stereocenters. The van der Waals surface area contributed by atoms with Crippen molar-refractivity contribution in [3.8, 4) is 11.1 Å². The van der Waals surface area contributed by atoms with Crippen molar-refractivity contribution in [2.45, 2.75) is 57.4 Å². The minimum atomic E-state index is -4.15. The lowest BCUT2D eigenvalue weighted by Crippen LogP contribution is -2.31. The van der Waals surface area contributed by atoms with E-state index in [1.54, 1.807) is 12.1 Å². The largest absolute Gasteiger partial charge is 0.449 e. The molecule has 5 rings (SSSR count). The Kier molecular flexibility index (Phi) is 9.57. The number of nitrogens with one attached hydrogen (secondary N) is 1. The van der Waals surface area contributed by atoms with Gasteiger partial charge in [0.05, 0.1) is 22.5 Å². The second-order valence-electron chi connectivity index (χ2n) is 10.6. The summed E-state index contributed by atoms with van der Waals surface area (Å²) in [6.45, 7) is 4.84. The predicted molar refractivity (Wildman–Crippen MR) is 171 cm³/mol. The number of ether oxygens (including phenoxy) is 1. The third-order valence-electron chi connectivity index (χ3n) is 7.37. The molecule has 0 aliphatic heterocycles. The summed E-state index contributed by atoms with van der Waals surface area (Å²) in [6, 6.07) is 31.6. The first-order chi connectivity index (χ1) is 20.9. The number of imidazole rings is 1. The fraction of sp³-hybridized carbons (Fsp3) is 0.257. The summed E-state index contributed by atoms with van der Waals surface area (Å²) < 4.78 is 36.0. The van der Waals surface area contributed by atoms with Gasteiger partial charge in [-0.2, -0.15) is 0 Å². The first-order valence-corrected chi connectivity index (χ1v) is 16.3. The third-order valence-corrected chi connectivity index (χ3v) is 8.74. The van der Waals surface area contributed by atoms with Gasteiger partial charge in [-0.15, -0.1) is 0 Å². The number of hydrogen-bond acceptors (Lipinski definition) is 5. The number of para-hydroxylation sites is 2. The van der Waals surface area contributed by atoms with E-state index < -0.39 is 16.1 Å². The van der Waals surface area contributed by atoms with Crippen molar-refractivity contribution >= 4 is 27.1 Å². The topological polar surface area (TPSA) is 90.3 Å². The van der Waals surface area contributed by atoms with Crippen LogP contribution in [0, 0.1) is 0 Å². The lowest BCUT2D eigenvalue weighted by Gasteiger charge is -2.15. The summed E-state index contributed by atoms with van der Waals surface area (Å²) in [6.07, 6.45) is 3.00. The molecule has 8 heteroatoms. The molecule has 0 saturated heterocycles. The van der Waals surface area contributed by atoms with E-state index in [1.165, 1.54) is 5.56 Å². The molecule has 1 heterocycles. The molecule has 7 nitrogen and oxygen atoms in total. The quantitative estimate of drug-likeness (QED) is 0.151. The lowest BCUT2D eigenvalue weighted by atomic mass is 10.00. The lowest BCUT2D eigenvalue weighted by molar-refractivity contribution is 0.151. The normalized spacial score (nSPS) is 11.5. The fourth-order valence-electron chi connectivity index (χ4n) is 5.17. The zero-order valence-corrected chi connectivity index (χ0v) is 25.4. The van der Waals surface area contributed by atoms with Gasteiger partial charge in [-0.3, -0.25) is 0 Å². The number of fused-ring (bicyclic) bond motifs is 1. The van der Waals surface area contributed by atoms with E-state index >= 15 is 0 Å². The maximum Gasteiger partial charge on any atom is 0.421 e. The SMILES string of the molecule is CCCCOC(=O)NS(=O)(=O)c1ccc(CCC)cc1-c1ccc(Cn2c(Cc3ccccc3)nc3ccccc32)cc1. The average Bonchev–Trinajstić information content (AvgIpc) is 3.34. The zero-order chi connectivity index (χ0) is 30.2. The van der Waals surface area contributed by atoms with Crippen LogP contribution in [0.3, 0.4) is 0 Å². The molecule has 0 atom stereocenters. The monoisotopic (exact) mass is 595 g/mol. The maximum atomic E-state index is 13.3. The molecule has 1 N–H and O–H groups in total. The van der Waals surface area contributed by atoms with E-state index in [-0.39, 0.29) is 11.5 Å². The fourth-order valence-corrected chi connectivity index (χ4v) is 6.27. The zero-order valence-electron chi connectivity index (χ0n) is 24.6. The second kappa shape index (κ2) is 13.7. The van der Waals surface area contributed by atoms with Gasteiger partial charge < -0.3 is 9.30 Å². The van der Waals surface area contributed by atoms with Gasteiger partial charge in [-0.05, 0) is 59.4 Å². The molecular formula is C35H37N3O4S. The van der Waals surface area contributed by atoms with Crippen molar-refractivity contribution in [2.24, 2.45) is 0 Å². The van der Waals surface area contributed by atoms with Crippen molar-refractivity contribution in [3.63, 3.8) is 0 Å². The van der Waals surface area contributed by atoms with Gasteiger partial charge in [0.25, 0.3) is 10.0 Å². The van der Waals surface area contributed by atoms with Gasteiger partial charge in [0.1, 0.15) is 5.82 Å². The Hall–Kier alpha value is -4.43.